The van der Waals surface area contributed by atoms with E-state index < -0.39 is 0 Å². The van der Waals surface area contributed by atoms with Crippen LogP contribution in [0.4, 0.5) is 0 Å². The number of nitrogens with one attached hydrogen (secondary N) is 1. The van der Waals surface area contributed by atoms with E-state index in [1.807, 2.05) is 6.08 Å². The van der Waals surface area contributed by atoms with Crippen molar-refractivity contribution in [3.63, 3.8) is 0 Å². The maximum Gasteiger partial charge on any atom is 0.276 e. The first kappa shape index (κ1) is 13.2. The van der Waals surface area contributed by atoms with Crippen LogP contribution in [0.15, 0.2) is 11.8 Å². The second kappa shape index (κ2) is 5.99. The van der Waals surface area contributed by atoms with E-state index in [4.69, 9.17) is 12.2 Å². The van der Waals surface area contributed by atoms with Gasteiger partial charge in [-0.3, -0.25) is 9.69 Å². The normalized spacial score (nSPS) is 18.8. The van der Waals surface area contributed by atoms with Crippen molar-refractivity contribution in [1.29, 1.82) is 0 Å². The van der Waals surface area contributed by atoms with Crippen LogP contribution in [0.1, 0.15) is 40.0 Å². The van der Waals surface area contributed by atoms with Gasteiger partial charge < -0.3 is 5.32 Å². The third-order valence-electron chi connectivity index (χ3n) is 2.42. The van der Waals surface area contributed by atoms with Gasteiger partial charge in [-0.05, 0) is 31.0 Å². The predicted molar refractivity (Wildman–Crippen MR) is 69.9 cm³/mol. The van der Waals surface area contributed by atoms with Gasteiger partial charge in [0.05, 0.1) is 0 Å². The Bertz CT molecular complexity index is 310. The fourth-order valence-electron chi connectivity index (χ4n) is 1.59. The number of hydrogen-bond acceptors (Lipinski definition) is 2. The molecule has 0 atom stereocenters. The van der Waals surface area contributed by atoms with Crippen molar-refractivity contribution in [1.82, 2.24) is 10.2 Å². The van der Waals surface area contributed by atoms with Crippen LogP contribution < -0.4 is 5.32 Å². The van der Waals surface area contributed by atoms with Gasteiger partial charge in [0.1, 0.15) is 5.70 Å². The van der Waals surface area contributed by atoms with E-state index in [0.717, 1.165) is 19.3 Å². The third kappa shape index (κ3) is 3.30. The molecule has 0 bridgehead atoms. The molecule has 90 valence electrons. The highest BCUT2D eigenvalue weighted by atomic mass is 32.1. The lowest BCUT2D eigenvalue weighted by Gasteiger charge is -2.15. The first-order chi connectivity index (χ1) is 7.56. The van der Waals surface area contributed by atoms with Crippen LogP contribution in [0.25, 0.3) is 0 Å². The van der Waals surface area contributed by atoms with Gasteiger partial charge in [-0.25, -0.2) is 0 Å². The smallest absolute Gasteiger partial charge is 0.276 e. The van der Waals surface area contributed by atoms with Gasteiger partial charge in [0.25, 0.3) is 5.91 Å². The Hall–Kier alpha value is -0.900. The molecule has 1 heterocycles. The number of rotatable bonds is 5. The highest BCUT2D eigenvalue weighted by Crippen LogP contribution is 2.13. The van der Waals surface area contributed by atoms with E-state index in [1.165, 1.54) is 0 Å². The molecule has 0 aromatic heterocycles. The summed E-state index contributed by atoms with van der Waals surface area (Å²) in [6, 6.07) is 0. The van der Waals surface area contributed by atoms with Gasteiger partial charge in [-0.1, -0.05) is 33.3 Å². The molecule has 0 aliphatic carbocycles. The van der Waals surface area contributed by atoms with Crippen LogP contribution >= 0.6 is 12.2 Å². The molecule has 0 saturated carbocycles. The fraction of sp³-hybridized carbons (Fsp3) is 0.667. The van der Waals surface area contributed by atoms with Crippen molar-refractivity contribution in [2.45, 2.75) is 40.0 Å². The Morgan fingerprint density at radius 2 is 2.19 bits per heavy atom. The Morgan fingerprint density at radius 3 is 2.75 bits per heavy atom. The molecular formula is C12H20N2OS. The van der Waals surface area contributed by atoms with Crippen molar-refractivity contribution in [2.24, 2.45) is 5.92 Å². The molecule has 16 heavy (non-hydrogen) atoms. The van der Waals surface area contributed by atoms with E-state index in [9.17, 15) is 4.79 Å². The van der Waals surface area contributed by atoms with Crippen molar-refractivity contribution < 1.29 is 4.79 Å². The van der Waals surface area contributed by atoms with Gasteiger partial charge in [0.2, 0.25) is 0 Å². The van der Waals surface area contributed by atoms with Crippen LogP contribution in [-0.2, 0) is 4.79 Å². The summed E-state index contributed by atoms with van der Waals surface area (Å²) in [5.41, 5.74) is 0.652. The maximum atomic E-state index is 12.0. The number of carbonyl (C=O) groups excluding carboxylic acids is 1. The number of nitrogens with zero attached hydrogens (tertiary/aromatic N) is 1. The highest BCUT2D eigenvalue weighted by Gasteiger charge is 2.30. The monoisotopic (exact) mass is 240 g/mol. The predicted octanol–water partition coefficient (Wildman–Crippen LogP) is 2.43. The number of carbonyl (C=O) groups is 1. The summed E-state index contributed by atoms with van der Waals surface area (Å²) in [5.74, 6) is 0.452. The molecule has 1 fully saturated rings. The minimum Gasteiger partial charge on any atom is -0.328 e. The Morgan fingerprint density at radius 1 is 1.50 bits per heavy atom. The topological polar surface area (TPSA) is 32.3 Å². The maximum absolute atomic E-state index is 12.0. The Labute approximate surface area is 103 Å². The van der Waals surface area contributed by atoms with Crippen molar-refractivity contribution >= 4 is 23.2 Å². The summed E-state index contributed by atoms with van der Waals surface area (Å²) in [5, 5.41) is 3.53. The van der Waals surface area contributed by atoms with Crippen LogP contribution in [0.2, 0.25) is 0 Å². The molecule has 0 aromatic rings. The first-order valence-electron chi connectivity index (χ1n) is 5.89. The minimum absolute atomic E-state index is 0.0230. The van der Waals surface area contributed by atoms with Gasteiger partial charge in [0.15, 0.2) is 5.11 Å². The number of allylic oxidation sites excluding steroid dienone is 1. The van der Waals surface area contributed by atoms with Crippen molar-refractivity contribution in [3.8, 4) is 0 Å². The SMILES string of the molecule is CCCC/C=C1/NC(=S)N(CC(C)C)C1=O. The molecule has 0 unspecified atom stereocenters. The third-order valence-corrected chi connectivity index (χ3v) is 2.74. The molecule has 1 N–H and O–H groups in total. The van der Waals surface area contributed by atoms with Crippen LogP contribution in [0.3, 0.4) is 0 Å². The minimum atomic E-state index is 0.0230. The summed E-state index contributed by atoms with van der Waals surface area (Å²) in [6.07, 6.45) is 5.13. The highest BCUT2D eigenvalue weighted by molar-refractivity contribution is 7.80. The van der Waals surface area contributed by atoms with E-state index in [2.05, 4.69) is 26.1 Å². The molecule has 1 rings (SSSR count). The molecule has 1 saturated heterocycles. The standard InChI is InChI=1S/C12H20N2OS/c1-4-5-6-7-10-11(15)14(8-9(2)3)12(16)13-10/h7,9H,4-6,8H2,1-3H3,(H,13,16)/b10-7+. The van der Waals surface area contributed by atoms with Gasteiger partial charge in [0, 0.05) is 6.54 Å². The number of hydrogen-bond donors (Lipinski definition) is 1. The average molecular weight is 240 g/mol. The number of unbranched alkanes of at least 4 members (excludes halogenated alkanes) is 2. The molecule has 1 amide bonds. The lowest BCUT2D eigenvalue weighted by molar-refractivity contribution is -0.122. The van der Waals surface area contributed by atoms with Gasteiger partial charge in [-0.2, -0.15) is 0 Å². The summed E-state index contributed by atoms with van der Waals surface area (Å²) < 4.78 is 0. The number of thiocarbonyl (C=S) groups is 1. The zero-order valence-electron chi connectivity index (χ0n) is 10.2. The molecule has 1 aliphatic heterocycles. The van der Waals surface area contributed by atoms with Crippen LogP contribution in [0, 0.1) is 5.92 Å². The summed E-state index contributed by atoms with van der Waals surface area (Å²) >= 11 is 5.14. The zero-order chi connectivity index (χ0) is 12.1. The Balaban J connectivity index is 2.63. The average Bonchev–Trinajstić information content (AvgIpc) is 2.46. The van der Waals surface area contributed by atoms with Crippen molar-refractivity contribution in [3.05, 3.63) is 11.8 Å². The second-order valence-corrected chi connectivity index (χ2v) is 4.89. The molecule has 1 aliphatic rings. The van der Waals surface area contributed by atoms with Crippen LogP contribution in [-0.4, -0.2) is 22.5 Å². The van der Waals surface area contributed by atoms with E-state index in [0.29, 0.717) is 23.3 Å². The fourth-order valence-corrected chi connectivity index (χ4v) is 1.86. The number of amides is 1. The second-order valence-electron chi connectivity index (χ2n) is 4.50. The van der Waals surface area contributed by atoms with Gasteiger partial charge in [-0.15, -0.1) is 0 Å². The summed E-state index contributed by atoms with van der Waals surface area (Å²) in [6.45, 7) is 6.98. The first-order valence-corrected chi connectivity index (χ1v) is 6.30. The van der Waals surface area contributed by atoms with E-state index in [1.54, 1.807) is 4.90 Å². The summed E-state index contributed by atoms with van der Waals surface area (Å²) in [4.78, 5) is 13.6. The molecule has 3 nitrogen and oxygen atoms in total. The molecular weight excluding hydrogens is 220 g/mol. The van der Waals surface area contributed by atoms with E-state index in [-0.39, 0.29) is 5.91 Å². The molecule has 0 aromatic carbocycles. The van der Waals surface area contributed by atoms with Gasteiger partial charge >= 0.3 is 0 Å². The zero-order valence-corrected chi connectivity index (χ0v) is 11.1. The molecule has 0 radical (unpaired) electrons. The van der Waals surface area contributed by atoms with Crippen molar-refractivity contribution in [2.75, 3.05) is 6.54 Å². The largest absolute Gasteiger partial charge is 0.328 e. The molecule has 4 heteroatoms. The lowest BCUT2D eigenvalue weighted by atomic mass is 10.2. The lowest BCUT2D eigenvalue weighted by Crippen LogP contribution is -2.33. The quantitative estimate of drug-likeness (QED) is 0.455. The Kier molecular flexibility index (Phi) is 4.93. The molecule has 0 spiro atoms. The van der Waals surface area contributed by atoms with Crippen LogP contribution in [0.5, 0.6) is 0 Å². The summed E-state index contributed by atoms with van der Waals surface area (Å²) in [7, 11) is 0. The van der Waals surface area contributed by atoms with E-state index >= 15 is 0 Å².